The summed E-state index contributed by atoms with van der Waals surface area (Å²) in [6.07, 6.45) is 2.88. The summed E-state index contributed by atoms with van der Waals surface area (Å²) in [6, 6.07) is 16.5. The Kier molecular flexibility index (Phi) is 5.58. The van der Waals surface area contributed by atoms with E-state index in [1.54, 1.807) is 0 Å². The maximum atomic E-state index is 12.3. The number of nitrogens with zero attached hydrogens (tertiary/aromatic N) is 1. The number of carbonyl (C=O) groups excluding carboxylic acids is 1. The van der Waals surface area contributed by atoms with E-state index >= 15 is 0 Å². The van der Waals surface area contributed by atoms with Crippen LogP contribution < -0.4 is 15.4 Å². The van der Waals surface area contributed by atoms with Crippen LogP contribution in [0.1, 0.15) is 35.6 Å². The summed E-state index contributed by atoms with van der Waals surface area (Å²) in [6.45, 7) is 4.45. The van der Waals surface area contributed by atoms with E-state index in [-0.39, 0.29) is 12.1 Å². The highest BCUT2D eigenvalue weighted by Crippen LogP contribution is 2.31. The van der Waals surface area contributed by atoms with E-state index in [4.69, 9.17) is 4.74 Å². The summed E-state index contributed by atoms with van der Waals surface area (Å²) >= 11 is 0. The lowest BCUT2D eigenvalue weighted by atomic mass is 10.00. The number of benzene rings is 2. The normalized spacial score (nSPS) is 18.7. The fraction of sp³-hybridized carbons (Fsp3) is 0.409. The maximum absolute atomic E-state index is 12.3. The molecule has 0 spiro atoms. The van der Waals surface area contributed by atoms with Gasteiger partial charge in [0.2, 0.25) is 0 Å². The van der Waals surface area contributed by atoms with Gasteiger partial charge in [-0.25, -0.2) is 4.79 Å². The van der Waals surface area contributed by atoms with Crippen LogP contribution in [0.15, 0.2) is 48.5 Å². The highest BCUT2D eigenvalue weighted by atomic mass is 16.5. The molecule has 5 heteroatoms. The predicted molar refractivity (Wildman–Crippen MR) is 106 cm³/mol. The van der Waals surface area contributed by atoms with Crippen LogP contribution >= 0.6 is 0 Å². The molecule has 2 aliphatic rings. The standard InChI is InChI=1S/C22H27N3O2/c26-22(24-20-11-15-27-21-9-4-3-8-19(20)21)23-12-5-13-25-14-10-17-6-1-2-7-18(17)16-25/h1-4,6-9,20H,5,10-16H2,(H2,23,24,26)/t20-/m1/s1. The molecule has 2 N–H and O–H groups in total. The Hall–Kier alpha value is -2.53. The van der Waals surface area contributed by atoms with Crippen LogP contribution in [0.2, 0.25) is 0 Å². The van der Waals surface area contributed by atoms with Crippen LogP contribution in [0, 0.1) is 0 Å². The van der Waals surface area contributed by atoms with Gasteiger partial charge < -0.3 is 15.4 Å². The van der Waals surface area contributed by atoms with E-state index in [1.165, 1.54) is 11.1 Å². The Morgan fingerprint density at radius 3 is 2.85 bits per heavy atom. The molecule has 0 bridgehead atoms. The zero-order chi connectivity index (χ0) is 18.5. The van der Waals surface area contributed by atoms with Crippen LogP contribution in [0.3, 0.4) is 0 Å². The molecular formula is C22H27N3O2. The lowest BCUT2D eigenvalue weighted by molar-refractivity contribution is 0.221. The van der Waals surface area contributed by atoms with E-state index in [0.717, 1.165) is 50.2 Å². The molecular weight excluding hydrogens is 338 g/mol. The Labute approximate surface area is 160 Å². The number of hydrogen-bond donors (Lipinski definition) is 2. The number of nitrogens with one attached hydrogen (secondary N) is 2. The van der Waals surface area contributed by atoms with Gasteiger partial charge in [0.25, 0.3) is 0 Å². The molecule has 2 heterocycles. The lowest BCUT2D eigenvalue weighted by Crippen LogP contribution is -2.41. The summed E-state index contributed by atoms with van der Waals surface area (Å²) in [7, 11) is 0. The highest BCUT2D eigenvalue weighted by Gasteiger charge is 2.22. The molecule has 2 aliphatic heterocycles. The Morgan fingerprint density at radius 2 is 1.93 bits per heavy atom. The van der Waals surface area contributed by atoms with Crippen LogP contribution in [0.25, 0.3) is 0 Å². The molecule has 2 aromatic carbocycles. The van der Waals surface area contributed by atoms with Gasteiger partial charge in [0.1, 0.15) is 5.75 Å². The average molecular weight is 365 g/mol. The molecule has 5 nitrogen and oxygen atoms in total. The number of para-hydroxylation sites is 1. The zero-order valence-corrected chi connectivity index (χ0v) is 15.6. The largest absolute Gasteiger partial charge is 0.493 e. The van der Waals surface area contributed by atoms with Crippen LogP contribution in [0.4, 0.5) is 4.79 Å². The third-order valence-electron chi connectivity index (χ3n) is 5.41. The summed E-state index contributed by atoms with van der Waals surface area (Å²) in [5, 5.41) is 6.08. The Bertz CT molecular complexity index is 793. The Morgan fingerprint density at radius 1 is 1.11 bits per heavy atom. The highest BCUT2D eigenvalue weighted by molar-refractivity contribution is 5.74. The van der Waals surface area contributed by atoms with Crippen LogP contribution in [0.5, 0.6) is 5.75 Å². The van der Waals surface area contributed by atoms with Gasteiger partial charge in [0.15, 0.2) is 0 Å². The van der Waals surface area contributed by atoms with Gasteiger partial charge in [0.05, 0.1) is 12.6 Å². The van der Waals surface area contributed by atoms with Crippen molar-refractivity contribution < 1.29 is 9.53 Å². The second kappa shape index (κ2) is 8.44. The number of ether oxygens (including phenoxy) is 1. The molecule has 1 atom stereocenters. The molecule has 0 radical (unpaired) electrons. The SMILES string of the molecule is O=C(NCCCN1CCc2ccccc2C1)N[C@@H]1CCOc2ccccc21. The van der Waals surface area contributed by atoms with Gasteiger partial charge in [-0.15, -0.1) is 0 Å². The first-order valence-electron chi connectivity index (χ1n) is 9.85. The minimum atomic E-state index is -0.0966. The van der Waals surface area contributed by atoms with E-state index in [0.29, 0.717) is 13.2 Å². The van der Waals surface area contributed by atoms with Crippen LogP contribution in [-0.4, -0.2) is 37.2 Å². The summed E-state index contributed by atoms with van der Waals surface area (Å²) in [4.78, 5) is 14.7. The summed E-state index contributed by atoms with van der Waals surface area (Å²) in [5.74, 6) is 0.874. The molecule has 0 aromatic heterocycles. The van der Waals surface area contributed by atoms with Crippen molar-refractivity contribution in [1.82, 2.24) is 15.5 Å². The zero-order valence-electron chi connectivity index (χ0n) is 15.6. The second-order valence-electron chi connectivity index (χ2n) is 7.28. The Balaban J connectivity index is 1.19. The van der Waals surface area contributed by atoms with Gasteiger partial charge in [0, 0.05) is 38.2 Å². The second-order valence-corrected chi connectivity index (χ2v) is 7.28. The molecule has 0 aliphatic carbocycles. The van der Waals surface area contributed by atoms with Crippen molar-refractivity contribution in [3.05, 3.63) is 65.2 Å². The number of carbonyl (C=O) groups is 1. The first-order valence-corrected chi connectivity index (χ1v) is 9.85. The molecule has 0 fully saturated rings. The van der Waals surface area contributed by atoms with Gasteiger partial charge in [-0.1, -0.05) is 42.5 Å². The number of rotatable bonds is 5. The molecule has 2 aromatic rings. The first-order chi connectivity index (χ1) is 13.3. The van der Waals surface area contributed by atoms with Crippen molar-refractivity contribution in [3.8, 4) is 5.75 Å². The third kappa shape index (κ3) is 4.42. The monoisotopic (exact) mass is 365 g/mol. The molecule has 0 saturated carbocycles. The molecule has 27 heavy (non-hydrogen) atoms. The maximum Gasteiger partial charge on any atom is 0.315 e. The minimum Gasteiger partial charge on any atom is -0.493 e. The van der Waals surface area contributed by atoms with E-state index < -0.39 is 0 Å². The molecule has 0 unspecified atom stereocenters. The molecule has 142 valence electrons. The quantitative estimate of drug-likeness (QED) is 0.800. The van der Waals surface area contributed by atoms with Crippen molar-refractivity contribution in [2.75, 3.05) is 26.2 Å². The van der Waals surface area contributed by atoms with Crippen molar-refractivity contribution in [3.63, 3.8) is 0 Å². The van der Waals surface area contributed by atoms with Crippen LogP contribution in [-0.2, 0) is 13.0 Å². The molecule has 4 rings (SSSR count). The predicted octanol–water partition coefficient (Wildman–Crippen LogP) is 3.26. The van der Waals surface area contributed by atoms with Crippen molar-refractivity contribution in [1.29, 1.82) is 0 Å². The van der Waals surface area contributed by atoms with Gasteiger partial charge in [-0.2, -0.15) is 0 Å². The number of amides is 2. The van der Waals surface area contributed by atoms with Gasteiger partial charge in [-0.05, 0) is 30.0 Å². The van der Waals surface area contributed by atoms with Crippen molar-refractivity contribution >= 4 is 6.03 Å². The fourth-order valence-corrected chi connectivity index (χ4v) is 3.95. The summed E-state index contributed by atoms with van der Waals surface area (Å²) < 4.78 is 5.65. The topological polar surface area (TPSA) is 53.6 Å². The first kappa shape index (κ1) is 17.9. The van der Waals surface area contributed by atoms with E-state index in [2.05, 4.69) is 39.8 Å². The number of hydrogen-bond acceptors (Lipinski definition) is 3. The van der Waals surface area contributed by atoms with E-state index in [9.17, 15) is 4.79 Å². The minimum absolute atomic E-state index is 0.0218. The molecule has 2 amide bonds. The smallest absolute Gasteiger partial charge is 0.315 e. The fourth-order valence-electron chi connectivity index (χ4n) is 3.95. The number of urea groups is 1. The van der Waals surface area contributed by atoms with Crippen molar-refractivity contribution in [2.24, 2.45) is 0 Å². The van der Waals surface area contributed by atoms with Gasteiger partial charge in [-0.3, -0.25) is 4.90 Å². The van der Waals surface area contributed by atoms with Gasteiger partial charge >= 0.3 is 6.03 Å². The molecule has 0 saturated heterocycles. The van der Waals surface area contributed by atoms with E-state index in [1.807, 2.05) is 24.3 Å². The number of fused-ring (bicyclic) bond motifs is 2. The van der Waals surface area contributed by atoms with Crippen molar-refractivity contribution in [2.45, 2.75) is 31.8 Å². The summed E-state index contributed by atoms with van der Waals surface area (Å²) in [5.41, 5.74) is 3.97. The third-order valence-corrected chi connectivity index (χ3v) is 5.41. The lowest BCUT2D eigenvalue weighted by Gasteiger charge is -2.29. The average Bonchev–Trinajstić information content (AvgIpc) is 2.71.